The molecule has 1 saturated carbocycles. The summed E-state index contributed by atoms with van der Waals surface area (Å²) in [6.45, 7) is 0.548. The molecule has 6 heteroatoms. The Morgan fingerprint density at radius 2 is 1.87 bits per heavy atom. The summed E-state index contributed by atoms with van der Waals surface area (Å²) in [6, 6.07) is 15.4. The zero-order chi connectivity index (χ0) is 20.5. The molecule has 2 heterocycles. The fourth-order valence-corrected chi connectivity index (χ4v) is 4.22. The second-order valence-corrected chi connectivity index (χ2v) is 7.82. The van der Waals surface area contributed by atoms with Gasteiger partial charge >= 0.3 is 5.63 Å². The molecule has 1 fully saturated rings. The van der Waals surface area contributed by atoms with E-state index in [4.69, 9.17) is 4.42 Å². The third kappa shape index (κ3) is 3.73. The van der Waals surface area contributed by atoms with E-state index >= 15 is 0 Å². The lowest BCUT2D eigenvalue weighted by molar-refractivity contribution is 0.561. The molecule has 1 N–H and O–H groups in total. The molecule has 4 aromatic rings. The molecule has 152 valence electrons. The zero-order valence-corrected chi connectivity index (χ0v) is 16.5. The van der Waals surface area contributed by atoms with Crippen LogP contribution in [0.4, 0.5) is 4.39 Å². The van der Waals surface area contributed by atoms with Gasteiger partial charge in [0.1, 0.15) is 11.4 Å². The molecule has 0 amide bonds. The van der Waals surface area contributed by atoms with E-state index in [-0.39, 0.29) is 5.82 Å². The number of benzene rings is 2. The van der Waals surface area contributed by atoms with E-state index < -0.39 is 5.63 Å². The van der Waals surface area contributed by atoms with Crippen molar-refractivity contribution in [2.24, 2.45) is 0 Å². The predicted molar refractivity (Wildman–Crippen MR) is 114 cm³/mol. The van der Waals surface area contributed by atoms with Gasteiger partial charge < -0.3 is 9.84 Å². The number of hydrogen-bond acceptors (Lipinski definition) is 4. The maximum absolute atomic E-state index is 13.3. The number of aromatic nitrogens is 2. The van der Waals surface area contributed by atoms with E-state index in [0.29, 0.717) is 18.0 Å². The van der Waals surface area contributed by atoms with Crippen LogP contribution in [0.15, 0.2) is 70.0 Å². The average Bonchev–Trinajstić information content (AvgIpc) is 3.44. The van der Waals surface area contributed by atoms with Gasteiger partial charge in [0.05, 0.1) is 12.2 Å². The Morgan fingerprint density at radius 3 is 2.67 bits per heavy atom. The van der Waals surface area contributed by atoms with Crippen molar-refractivity contribution < 1.29 is 8.81 Å². The van der Waals surface area contributed by atoms with Crippen molar-refractivity contribution in [3.8, 4) is 11.1 Å². The van der Waals surface area contributed by atoms with Crippen LogP contribution < -0.4 is 11.1 Å². The van der Waals surface area contributed by atoms with E-state index in [1.807, 2.05) is 24.4 Å². The number of hydrogen-bond donors (Lipinski definition) is 1. The highest BCUT2D eigenvalue weighted by Gasteiger charge is 2.19. The van der Waals surface area contributed by atoms with Crippen LogP contribution in [0.25, 0.3) is 22.1 Å². The van der Waals surface area contributed by atoms with Crippen molar-refractivity contribution >= 4 is 11.0 Å². The van der Waals surface area contributed by atoms with Gasteiger partial charge in [-0.3, -0.25) is 0 Å². The van der Waals surface area contributed by atoms with Crippen LogP contribution in [-0.2, 0) is 6.54 Å². The van der Waals surface area contributed by atoms with E-state index in [2.05, 4.69) is 16.6 Å². The number of halogens is 1. The van der Waals surface area contributed by atoms with Crippen molar-refractivity contribution in [2.45, 2.75) is 38.1 Å². The third-order valence-corrected chi connectivity index (χ3v) is 5.79. The molecule has 5 nitrogen and oxygen atoms in total. The Balaban J connectivity index is 1.38. The number of rotatable bonds is 5. The minimum absolute atomic E-state index is 0.311. The Hall–Kier alpha value is -3.41. The Morgan fingerprint density at radius 1 is 1.07 bits per heavy atom. The fraction of sp³-hybridized carbons (Fsp3) is 0.250. The van der Waals surface area contributed by atoms with Gasteiger partial charge in [-0.1, -0.05) is 37.1 Å². The minimum Gasteiger partial charge on any atom is -0.423 e. The van der Waals surface area contributed by atoms with Gasteiger partial charge in [-0.25, -0.2) is 9.18 Å². The maximum atomic E-state index is 13.3. The Labute approximate surface area is 173 Å². The molecule has 2 aromatic carbocycles. The van der Waals surface area contributed by atoms with Crippen LogP contribution >= 0.6 is 0 Å². The number of nitrogens with zero attached hydrogens (tertiary/aromatic N) is 2. The summed E-state index contributed by atoms with van der Waals surface area (Å²) in [5.74, 6) is 0.266. The van der Waals surface area contributed by atoms with Crippen molar-refractivity contribution in [1.29, 1.82) is 0 Å². The van der Waals surface area contributed by atoms with E-state index in [0.717, 1.165) is 27.8 Å². The lowest BCUT2D eigenvalue weighted by Crippen LogP contribution is -2.15. The first kappa shape index (κ1) is 18.6. The van der Waals surface area contributed by atoms with Gasteiger partial charge in [0.2, 0.25) is 0 Å². The van der Waals surface area contributed by atoms with Crippen LogP contribution in [-0.4, -0.2) is 9.89 Å². The van der Waals surface area contributed by atoms with E-state index in [1.165, 1.54) is 43.9 Å². The summed E-state index contributed by atoms with van der Waals surface area (Å²) in [5.41, 5.74) is 6.98. The molecule has 5 rings (SSSR count). The molecule has 0 spiro atoms. The SMILES string of the molecule is O=c1cc(-c2ccc(F)cc2)c2ccc(CNn3ccc(C4CCCC4)n3)cc2o1. The monoisotopic (exact) mass is 403 g/mol. The van der Waals surface area contributed by atoms with E-state index in [1.54, 1.807) is 16.9 Å². The average molecular weight is 403 g/mol. The minimum atomic E-state index is -0.430. The summed E-state index contributed by atoms with van der Waals surface area (Å²) in [6.07, 6.45) is 6.95. The number of nitrogens with one attached hydrogen (secondary N) is 1. The molecule has 0 atom stereocenters. The van der Waals surface area contributed by atoms with Crippen LogP contribution in [0.2, 0.25) is 0 Å². The topological polar surface area (TPSA) is 60.1 Å². The molecule has 1 aliphatic rings. The summed E-state index contributed by atoms with van der Waals surface area (Å²) in [5, 5.41) is 5.46. The van der Waals surface area contributed by atoms with Crippen LogP contribution in [0.5, 0.6) is 0 Å². The van der Waals surface area contributed by atoms with Crippen molar-refractivity contribution in [3.05, 3.63) is 88.3 Å². The van der Waals surface area contributed by atoms with Crippen LogP contribution in [0.3, 0.4) is 0 Å². The first-order chi connectivity index (χ1) is 14.7. The normalized spacial score (nSPS) is 14.4. The third-order valence-electron chi connectivity index (χ3n) is 5.79. The second kappa shape index (κ2) is 7.78. The quantitative estimate of drug-likeness (QED) is 0.466. The molecule has 0 unspecified atom stereocenters. The molecule has 0 radical (unpaired) electrons. The standard InChI is InChI=1S/C24H22FN3O2/c25-19-8-6-17(7-9-19)21-14-24(29)30-23-13-16(5-10-20(21)23)15-26-28-12-11-22(27-28)18-3-1-2-4-18/h5-14,18,26H,1-4,15H2. The molecule has 2 aromatic heterocycles. The fourth-order valence-electron chi connectivity index (χ4n) is 4.22. The van der Waals surface area contributed by atoms with Gasteiger partial charge in [-0.05, 0) is 53.8 Å². The molecular weight excluding hydrogens is 381 g/mol. The first-order valence-corrected chi connectivity index (χ1v) is 10.3. The molecule has 0 bridgehead atoms. The van der Waals surface area contributed by atoms with E-state index in [9.17, 15) is 9.18 Å². The van der Waals surface area contributed by atoms with Gasteiger partial charge in [0.15, 0.2) is 0 Å². The van der Waals surface area contributed by atoms with Gasteiger partial charge in [0, 0.05) is 23.6 Å². The van der Waals surface area contributed by atoms with Gasteiger partial charge in [0.25, 0.3) is 0 Å². The summed E-state index contributed by atoms with van der Waals surface area (Å²) in [4.78, 5) is 13.8. The lowest BCUT2D eigenvalue weighted by atomic mass is 10.0. The van der Waals surface area contributed by atoms with Crippen molar-refractivity contribution in [2.75, 3.05) is 5.43 Å². The largest absolute Gasteiger partial charge is 0.423 e. The zero-order valence-electron chi connectivity index (χ0n) is 16.5. The maximum Gasteiger partial charge on any atom is 0.336 e. The smallest absolute Gasteiger partial charge is 0.336 e. The first-order valence-electron chi connectivity index (χ1n) is 10.3. The van der Waals surface area contributed by atoms with Gasteiger partial charge in [-0.2, -0.15) is 9.89 Å². The summed E-state index contributed by atoms with van der Waals surface area (Å²) >= 11 is 0. The Kier molecular flexibility index (Phi) is 4.83. The van der Waals surface area contributed by atoms with Crippen LogP contribution in [0.1, 0.15) is 42.9 Å². The van der Waals surface area contributed by atoms with Crippen LogP contribution in [0, 0.1) is 5.82 Å². The molecule has 0 aliphatic heterocycles. The highest BCUT2D eigenvalue weighted by atomic mass is 19.1. The summed E-state index contributed by atoms with van der Waals surface area (Å²) in [7, 11) is 0. The second-order valence-electron chi connectivity index (χ2n) is 7.82. The highest BCUT2D eigenvalue weighted by Crippen LogP contribution is 2.33. The summed E-state index contributed by atoms with van der Waals surface area (Å²) < 4.78 is 18.7. The Bertz CT molecular complexity index is 1240. The number of fused-ring (bicyclic) bond motifs is 1. The molecule has 1 aliphatic carbocycles. The predicted octanol–water partition coefficient (Wildman–Crippen LogP) is 5.20. The van der Waals surface area contributed by atoms with Crippen molar-refractivity contribution in [3.63, 3.8) is 0 Å². The van der Waals surface area contributed by atoms with Crippen molar-refractivity contribution in [1.82, 2.24) is 9.89 Å². The molecule has 30 heavy (non-hydrogen) atoms. The molecular formula is C24H22FN3O2. The highest BCUT2D eigenvalue weighted by molar-refractivity contribution is 5.93. The van der Waals surface area contributed by atoms with Gasteiger partial charge in [-0.15, -0.1) is 0 Å². The lowest BCUT2D eigenvalue weighted by Gasteiger charge is -2.10. The molecule has 0 saturated heterocycles.